The Hall–Kier alpha value is -4.88. The quantitative estimate of drug-likeness (QED) is 0.157. The number of nitrogens with zero attached hydrogens (tertiary/aromatic N) is 6. The van der Waals surface area contributed by atoms with Gasteiger partial charge in [-0.2, -0.15) is 22.7 Å². The van der Waals surface area contributed by atoms with Crippen molar-refractivity contribution < 1.29 is 0 Å². The molecule has 10 rings (SSSR count). The molecule has 10 aromatic rings. The van der Waals surface area contributed by atoms with Gasteiger partial charge in [-0.25, -0.2) is 9.97 Å². The Morgan fingerprint density at radius 3 is 1.33 bits per heavy atom. The van der Waals surface area contributed by atoms with E-state index in [1.54, 1.807) is 47.7 Å². The van der Waals surface area contributed by atoms with Crippen LogP contribution in [0.3, 0.4) is 0 Å². The van der Waals surface area contributed by atoms with Crippen LogP contribution < -0.4 is 11.5 Å². The van der Waals surface area contributed by atoms with Gasteiger partial charge in [0.05, 0.1) is 65.9 Å². The van der Waals surface area contributed by atoms with Crippen LogP contribution >= 0.6 is 69.1 Å². The first-order chi connectivity index (χ1) is 28.3. The summed E-state index contributed by atoms with van der Waals surface area (Å²) in [6.45, 7) is 1.18. The highest BCUT2D eigenvalue weighted by atomic mass is 35.5. The zero-order valence-electron chi connectivity index (χ0n) is 30.5. The molecule has 0 radical (unpaired) electrons. The van der Waals surface area contributed by atoms with Crippen molar-refractivity contribution in [2.24, 2.45) is 11.5 Å². The summed E-state index contributed by atoms with van der Waals surface area (Å²) in [5.74, 6) is 0. The van der Waals surface area contributed by atoms with E-state index in [1.807, 2.05) is 56.3 Å². The Bertz CT molecular complexity index is 2890. The van der Waals surface area contributed by atoms with Gasteiger partial charge in [0.2, 0.25) is 0 Å². The molecule has 0 bridgehead atoms. The van der Waals surface area contributed by atoms with Crippen LogP contribution in [-0.4, -0.2) is 42.2 Å². The molecule has 0 atom stereocenters. The van der Waals surface area contributed by atoms with Crippen LogP contribution in [0.15, 0.2) is 119 Å². The molecule has 0 aliphatic heterocycles. The summed E-state index contributed by atoms with van der Waals surface area (Å²) >= 11 is 29.6. The van der Waals surface area contributed by atoms with E-state index >= 15 is 0 Å². The molecule has 0 saturated heterocycles. The van der Waals surface area contributed by atoms with Crippen LogP contribution in [0.25, 0.3) is 77.5 Å². The predicted octanol–water partition coefficient (Wildman–Crippen LogP) is 12.2. The van der Waals surface area contributed by atoms with Gasteiger partial charge in [-0.1, -0.05) is 58.5 Å². The highest BCUT2D eigenvalue weighted by Crippen LogP contribution is 2.38. The van der Waals surface area contributed by atoms with Crippen LogP contribution in [0.4, 0.5) is 0 Å². The van der Waals surface area contributed by atoms with Crippen molar-refractivity contribution >= 4 is 113 Å². The first-order valence-corrected chi connectivity index (χ1v) is 21.6. The first kappa shape index (κ1) is 38.6. The average Bonchev–Trinajstić information content (AvgIpc) is 4.06. The molecule has 0 spiro atoms. The predicted molar refractivity (Wildman–Crippen MR) is 245 cm³/mol. The molecule has 14 heteroatoms. The minimum Gasteiger partial charge on any atom is -0.330 e. The molecule has 4 aromatic carbocycles. The lowest BCUT2D eigenvalue weighted by molar-refractivity contribution is 0.966. The number of halogens is 4. The van der Waals surface area contributed by atoms with Crippen LogP contribution in [-0.2, 0) is 12.8 Å². The number of imidazole rings is 2. The molecule has 0 aliphatic carbocycles. The summed E-state index contributed by atoms with van der Waals surface area (Å²) in [4.78, 5) is 18.2. The summed E-state index contributed by atoms with van der Waals surface area (Å²) in [7, 11) is 0. The molecular formula is C44H32Cl4N8S2. The Morgan fingerprint density at radius 1 is 0.500 bits per heavy atom. The lowest BCUT2D eigenvalue weighted by atomic mass is 10.0. The number of nitrogens with two attached hydrogens (primary N) is 2. The molecule has 0 amide bonds. The number of aromatic nitrogens is 6. The van der Waals surface area contributed by atoms with Crippen molar-refractivity contribution in [1.82, 2.24) is 29.1 Å². The highest BCUT2D eigenvalue weighted by Gasteiger charge is 2.17. The smallest absolute Gasteiger partial charge is 0.108 e. The van der Waals surface area contributed by atoms with Crippen LogP contribution in [0.2, 0.25) is 20.1 Å². The van der Waals surface area contributed by atoms with E-state index in [-0.39, 0.29) is 0 Å². The summed E-state index contributed by atoms with van der Waals surface area (Å²) in [5, 5.41) is 12.9. The molecule has 0 unspecified atom stereocenters. The molecule has 6 heterocycles. The van der Waals surface area contributed by atoms with Gasteiger partial charge in [-0.15, -0.1) is 0 Å². The monoisotopic (exact) mass is 876 g/mol. The number of hydrogen-bond acceptors (Lipinski definition) is 8. The van der Waals surface area contributed by atoms with Crippen molar-refractivity contribution in [1.29, 1.82) is 0 Å². The number of pyridine rings is 2. The van der Waals surface area contributed by atoms with Crippen LogP contribution in [0, 0.1) is 0 Å². The minimum atomic E-state index is 0.589. The number of benzene rings is 4. The topological polar surface area (TPSA) is 113 Å². The third kappa shape index (κ3) is 7.25. The lowest BCUT2D eigenvalue weighted by Gasteiger charge is -2.11. The van der Waals surface area contributed by atoms with Crippen molar-refractivity contribution in [2.75, 3.05) is 13.1 Å². The first-order valence-electron chi connectivity index (χ1n) is 18.2. The molecule has 58 heavy (non-hydrogen) atoms. The molecule has 0 fully saturated rings. The molecular weight excluding hydrogens is 846 g/mol. The Kier molecular flexibility index (Phi) is 10.9. The second-order valence-electron chi connectivity index (χ2n) is 13.6. The van der Waals surface area contributed by atoms with Crippen LogP contribution in [0.5, 0.6) is 0 Å². The van der Waals surface area contributed by atoms with E-state index in [4.69, 9.17) is 57.9 Å². The van der Waals surface area contributed by atoms with E-state index in [2.05, 4.69) is 67.1 Å². The lowest BCUT2D eigenvalue weighted by Crippen LogP contribution is -2.03. The van der Waals surface area contributed by atoms with Crippen molar-refractivity contribution in [3.05, 3.63) is 151 Å². The fourth-order valence-electron chi connectivity index (χ4n) is 7.21. The molecule has 6 aromatic heterocycles. The fraction of sp³-hybridized carbons (Fsp3) is 0.0909. The zero-order chi connectivity index (χ0) is 39.9. The third-order valence-corrected chi connectivity index (χ3v) is 12.6. The van der Waals surface area contributed by atoms with Gasteiger partial charge >= 0.3 is 0 Å². The average molecular weight is 879 g/mol. The van der Waals surface area contributed by atoms with E-state index < -0.39 is 0 Å². The molecule has 0 aliphatic rings. The SMILES string of the molecule is NCCc1ccc(-n2cnc3cnc4cc(Cl)c(-c5ccsc5)cc4c32)c(Cl)c1.NCCc1ccc(-n2cnc3cnc4cc(Cl)c(-c5ccsc5)cc4c32)c(Cl)c1. The maximum absolute atomic E-state index is 6.62. The molecule has 8 nitrogen and oxygen atoms in total. The van der Waals surface area contributed by atoms with E-state index in [0.717, 1.165) is 101 Å². The van der Waals surface area contributed by atoms with Crippen molar-refractivity contribution in [2.45, 2.75) is 12.8 Å². The standard InChI is InChI=1S/2C22H16Cl2N4S/c2*23-17-9-19-16(8-15(17)14-4-6-29-11-14)22-20(10-26-19)27-12-28(22)21-2-1-13(3-5-25)7-18(21)24/h2*1-2,4,6-12H,3,5,25H2. The normalized spacial score (nSPS) is 11.6. The molecule has 4 N–H and O–H groups in total. The number of fused-ring (bicyclic) bond motifs is 6. The maximum atomic E-state index is 6.62. The van der Waals surface area contributed by atoms with Crippen molar-refractivity contribution in [3.63, 3.8) is 0 Å². The molecule has 0 saturated carbocycles. The van der Waals surface area contributed by atoms with Gasteiger partial charge < -0.3 is 11.5 Å². The summed E-state index contributed by atoms with van der Waals surface area (Å²) in [5.41, 5.74) is 24.6. The van der Waals surface area contributed by atoms with Gasteiger partial charge in [-0.3, -0.25) is 19.1 Å². The largest absolute Gasteiger partial charge is 0.330 e. The van der Waals surface area contributed by atoms with Gasteiger partial charge in [0.1, 0.15) is 23.7 Å². The molecule has 288 valence electrons. The summed E-state index contributed by atoms with van der Waals surface area (Å²) in [6.07, 6.45) is 8.69. The Labute approximate surface area is 361 Å². The van der Waals surface area contributed by atoms with Gasteiger partial charge in [0.15, 0.2) is 0 Å². The van der Waals surface area contributed by atoms with Gasteiger partial charge in [0.25, 0.3) is 0 Å². The highest BCUT2D eigenvalue weighted by molar-refractivity contribution is 7.08. The van der Waals surface area contributed by atoms with E-state index in [0.29, 0.717) is 33.2 Å². The Balaban J connectivity index is 0.000000150. The van der Waals surface area contributed by atoms with Gasteiger partial charge in [-0.05, 0) is 130 Å². The van der Waals surface area contributed by atoms with Gasteiger partial charge in [0, 0.05) is 21.9 Å². The zero-order valence-corrected chi connectivity index (χ0v) is 35.2. The minimum absolute atomic E-state index is 0.589. The number of thiophene rings is 2. The maximum Gasteiger partial charge on any atom is 0.108 e. The number of rotatable bonds is 8. The number of hydrogen-bond donors (Lipinski definition) is 2. The second-order valence-corrected chi connectivity index (χ2v) is 16.8. The second kappa shape index (κ2) is 16.4. The summed E-state index contributed by atoms with van der Waals surface area (Å²) < 4.78 is 4.03. The van der Waals surface area contributed by atoms with E-state index in [9.17, 15) is 0 Å². The van der Waals surface area contributed by atoms with Crippen LogP contribution in [0.1, 0.15) is 11.1 Å². The fourth-order valence-corrected chi connectivity index (χ4v) is 9.64. The van der Waals surface area contributed by atoms with Crippen molar-refractivity contribution in [3.8, 4) is 33.6 Å². The third-order valence-electron chi connectivity index (χ3n) is 10.00. The van der Waals surface area contributed by atoms with E-state index in [1.165, 1.54) is 0 Å². The Morgan fingerprint density at radius 2 is 0.948 bits per heavy atom. The summed E-state index contributed by atoms with van der Waals surface area (Å²) in [6, 6.07) is 24.2.